The predicted molar refractivity (Wildman–Crippen MR) is 86.8 cm³/mol. The van der Waals surface area contributed by atoms with Gasteiger partial charge in [0.2, 0.25) is 0 Å². The third-order valence-electron chi connectivity index (χ3n) is 3.04. The van der Waals surface area contributed by atoms with Crippen LogP contribution in [0.4, 0.5) is 9.18 Å². The van der Waals surface area contributed by atoms with E-state index >= 15 is 0 Å². The average Bonchev–Trinajstić information content (AvgIpc) is 2.52. The molecule has 1 amide bonds. The Hall–Kier alpha value is -1.90. The van der Waals surface area contributed by atoms with Crippen molar-refractivity contribution in [2.75, 3.05) is 27.5 Å². The number of methoxy groups -OCH3 is 2. The highest BCUT2D eigenvalue weighted by molar-refractivity contribution is 5.72. The lowest BCUT2D eigenvalue weighted by atomic mass is 10.0. The first-order chi connectivity index (χ1) is 11.6. The molecule has 0 aromatic heterocycles. The molecule has 0 aromatic rings. The van der Waals surface area contributed by atoms with Crippen LogP contribution in [0.3, 0.4) is 0 Å². The van der Waals surface area contributed by atoms with Crippen molar-refractivity contribution in [2.45, 2.75) is 57.8 Å². The van der Waals surface area contributed by atoms with E-state index < -0.39 is 42.5 Å². The van der Waals surface area contributed by atoms with Crippen molar-refractivity contribution in [2.24, 2.45) is 0 Å². The number of alkyl carbamates (subject to hydrolysis) is 1. The third kappa shape index (κ3) is 11.3. The molecule has 0 aromatic carbocycles. The number of amides is 1. The predicted octanol–water partition coefficient (Wildman–Crippen LogP) is 1.75. The highest BCUT2D eigenvalue weighted by atomic mass is 19.1. The second-order valence-electron chi connectivity index (χ2n) is 6.25. The van der Waals surface area contributed by atoms with Gasteiger partial charge in [-0.25, -0.2) is 9.18 Å². The highest BCUT2D eigenvalue weighted by Crippen LogP contribution is 2.14. The number of hydrogen-bond donors (Lipinski definition) is 1. The van der Waals surface area contributed by atoms with Gasteiger partial charge in [0.05, 0.1) is 39.4 Å². The maximum Gasteiger partial charge on any atom is 0.407 e. The minimum atomic E-state index is -0.875. The molecule has 25 heavy (non-hydrogen) atoms. The number of ether oxygens (including phenoxy) is 4. The minimum Gasteiger partial charge on any atom is -0.469 e. The van der Waals surface area contributed by atoms with Gasteiger partial charge in [0.15, 0.2) is 0 Å². The van der Waals surface area contributed by atoms with Gasteiger partial charge in [-0.05, 0) is 27.2 Å². The number of hydrogen-bond acceptors (Lipinski definition) is 7. The minimum absolute atomic E-state index is 0.0202. The van der Waals surface area contributed by atoms with E-state index in [1.165, 1.54) is 14.2 Å². The molecule has 0 saturated heterocycles. The lowest BCUT2D eigenvalue weighted by molar-refractivity contribution is -0.144. The van der Waals surface area contributed by atoms with Gasteiger partial charge in [-0.2, -0.15) is 0 Å². The second kappa shape index (κ2) is 11.6. The number of carbonyl (C=O) groups is 3. The number of halogens is 1. The van der Waals surface area contributed by atoms with Crippen molar-refractivity contribution < 1.29 is 37.7 Å². The fourth-order valence-electron chi connectivity index (χ4n) is 1.95. The van der Waals surface area contributed by atoms with Crippen molar-refractivity contribution >= 4 is 18.0 Å². The van der Waals surface area contributed by atoms with Crippen molar-refractivity contribution in [3.8, 4) is 0 Å². The van der Waals surface area contributed by atoms with Crippen LogP contribution < -0.4 is 5.32 Å². The van der Waals surface area contributed by atoms with Crippen LogP contribution in [0.25, 0.3) is 0 Å². The third-order valence-corrected chi connectivity index (χ3v) is 3.04. The standard InChI is InChI=1S/C16H28FNO7/c1-16(2,3)25-15(21)18-11(6-7-13(19)22-4)12(24-9-8-17)10-14(20)23-5/h11-12H,6-10H2,1-5H3,(H,18,21). The summed E-state index contributed by atoms with van der Waals surface area (Å²) in [6, 6.07) is -0.764. The first-order valence-electron chi connectivity index (χ1n) is 7.93. The maximum atomic E-state index is 12.5. The van der Waals surface area contributed by atoms with Gasteiger partial charge in [0.1, 0.15) is 12.3 Å². The number of nitrogens with one attached hydrogen (secondary N) is 1. The molecule has 0 aliphatic carbocycles. The lowest BCUT2D eigenvalue weighted by Crippen LogP contribution is -2.47. The molecule has 2 unspecified atom stereocenters. The Morgan fingerprint density at radius 2 is 1.68 bits per heavy atom. The van der Waals surface area contributed by atoms with Crippen LogP contribution in [0.2, 0.25) is 0 Å². The molecule has 2 atom stereocenters. The van der Waals surface area contributed by atoms with Crippen LogP contribution in [-0.2, 0) is 28.5 Å². The van der Waals surface area contributed by atoms with E-state index in [1.807, 2.05) is 0 Å². The summed E-state index contributed by atoms with van der Waals surface area (Å²) in [4.78, 5) is 35.0. The second-order valence-corrected chi connectivity index (χ2v) is 6.25. The molecule has 146 valence electrons. The Balaban J connectivity index is 5.13. The number of rotatable bonds is 10. The van der Waals surface area contributed by atoms with Crippen LogP contribution >= 0.6 is 0 Å². The van der Waals surface area contributed by atoms with Crippen LogP contribution in [0.1, 0.15) is 40.0 Å². The summed E-state index contributed by atoms with van der Waals surface area (Å²) in [6.45, 7) is 4.07. The Kier molecular flexibility index (Phi) is 10.7. The summed E-state index contributed by atoms with van der Waals surface area (Å²) < 4.78 is 32.1. The number of alkyl halides is 1. The van der Waals surface area contributed by atoms with E-state index in [-0.39, 0.29) is 25.9 Å². The average molecular weight is 365 g/mol. The maximum absolute atomic E-state index is 12.5. The van der Waals surface area contributed by atoms with Gasteiger partial charge in [-0.1, -0.05) is 0 Å². The van der Waals surface area contributed by atoms with E-state index in [2.05, 4.69) is 14.8 Å². The molecular formula is C16H28FNO7. The molecule has 0 spiro atoms. The number of carbonyl (C=O) groups excluding carboxylic acids is 3. The van der Waals surface area contributed by atoms with E-state index in [0.717, 1.165) is 0 Å². The first kappa shape index (κ1) is 23.1. The quantitative estimate of drug-likeness (QED) is 0.465. The van der Waals surface area contributed by atoms with Gasteiger partial charge in [-0.15, -0.1) is 0 Å². The van der Waals surface area contributed by atoms with E-state index in [0.29, 0.717) is 0 Å². The molecule has 0 radical (unpaired) electrons. The molecule has 0 bridgehead atoms. The molecule has 0 heterocycles. The lowest BCUT2D eigenvalue weighted by Gasteiger charge is -2.28. The first-order valence-corrected chi connectivity index (χ1v) is 7.93. The Morgan fingerprint density at radius 3 is 2.16 bits per heavy atom. The summed E-state index contributed by atoms with van der Waals surface area (Å²) in [5.74, 6) is -1.07. The summed E-state index contributed by atoms with van der Waals surface area (Å²) in [7, 11) is 2.45. The SMILES string of the molecule is COC(=O)CCC(NC(=O)OC(C)(C)C)C(CC(=O)OC)OCCF. The van der Waals surface area contributed by atoms with Crippen molar-refractivity contribution in [1.82, 2.24) is 5.32 Å². The van der Waals surface area contributed by atoms with Gasteiger partial charge in [-0.3, -0.25) is 9.59 Å². The molecule has 8 nitrogen and oxygen atoms in total. The van der Waals surface area contributed by atoms with Gasteiger partial charge in [0.25, 0.3) is 0 Å². The van der Waals surface area contributed by atoms with Crippen LogP contribution in [-0.4, -0.2) is 63.3 Å². The monoisotopic (exact) mass is 365 g/mol. The zero-order valence-electron chi connectivity index (χ0n) is 15.4. The summed E-state index contributed by atoms with van der Waals surface area (Å²) in [5.41, 5.74) is -0.728. The van der Waals surface area contributed by atoms with E-state index in [1.54, 1.807) is 20.8 Å². The van der Waals surface area contributed by atoms with Gasteiger partial charge in [0, 0.05) is 6.42 Å². The smallest absolute Gasteiger partial charge is 0.407 e. The highest BCUT2D eigenvalue weighted by Gasteiger charge is 2.29. The molecule has 0 saturated carbocycles. The van der Waals surface area contributed by atoms with Crippen LogP contribution in [0.15, 0.2) is 0 Å². The zero-order valence-corrected chi connectivity index (χ0v) is 15.4. The summed E-state index contributed by atoms with van der Waals surface area (Å²) in [5, 5.41) is 2.57. The Bertz CT molecular complexity index is 437. The Labute approximate surface area is 147 Å². The molecule has 9 heteroatoms. The van der Waals surface area contributed by atoms with Crippen LogP contribution in [0, 0.1) is 0 Å². The van der Waals surface area contributed by atoms with E-state index in [4.69, 9.17) is 9.47 Å². The zero-order chi connectivity index (χ0) is 19.5. The van der Waals surface area contributed by atoms with Gasteiger partial charge >= 0.3 is 18.0 Å². The van der Waals surface area contributed by atoms with Crippen molar-refractivity contribution in [3.63, 3.8) is 0 Å². The van der Waals surface area contributed by atoms with E-state index in [9.17, 15) is 18.8 Å². The van der Waals surface area contributed by atoms with Crippen molar-refractivity contribution in [1.29, 1.82) is 0 Å². The Morgan fingerprint density at radius 1 is 1.08 bits per heavy atom. The van der Waals surface area contributed by atoms with Crippen molar-refractivity contribution in [3.05, 3.63) is 0 Å². The van der Waals surface area contributed by atoms with Crippen LogP contribution in [0.5, 0.6) is 0 Å². The molecular weight excluding hydrogens is 337 g/mol. The molecule has 1 N–H and O–H groups in total. The fourth-order valence-corrected chi connectivity index (χ4v) is 1.95. The topological polar surface area (TPSA) is 100 Å². The largest absolute Gasteiger partial charge is 0.469 e. The fraction of sp³-hybridized carbons (Fsp3) is 0.812. The molecule has 0 aliphatic rings. The molecule has 0 fully saturated rings. The van der Waals surface area contributed by atoms with Gasteiger partial charge < -0.3 is 24.3 Å². The number of esters is 2. The molecule has 0 rings (SSSR count). The summed E-state index contributed by atoms with van der Waals surface area (Å²) in [6.07, 6.45) is -1.72. The summed E-state index contributed by atoms with van der Waals surface area (Å²) >= 11 is 0. The normalized spacial score (nSPS) is 13.5. The molecule has 0 aliphatic heterocycles.